The summed E-state index contributed by atoms with van der Waals surface area (Å²) in [6.45, 7) is 3.57. The van der Waals surface area contributed by atoms with E-state index in [0.29, 0.717) is 23.5 Å². The van der Waals surface area contributed by atoms with Gasteiger partial charge in [-0.15, -0.1) is 11.8 Å². The molecule has 1 aliphatic rings. The second-order valence-electron chi connectivity index (χ2n) is 5.65. The van der Waals surface area contributed by atoms with Crippen molar-refractivity contribution in [2.24, 2.45) is 5.41 Å². The minimum atomic E-state index is -0.289. The fourth-order valence-electron chi connectivity index (χ4n) is 2.78. The van der Waals surface area contributed by atoms with Crippen LogP contribution in [0.2, 0.25) is 0 Å². The molecule has 1 heterocycles. The molecule has 0 saturated carbocycles. The maximum absolute atomic E-state index is 13.5. The molecule has 1 aliphatic heterocycles. The van der Waals surface area contributed by atoms with Crippen molar-refractivity contribution in [1.29, 1.82) is 0 Å². The van der Waals surface area contributed by atoms with E-state index in [-0.39, 0.29) is 23.7 Å². The quantitative estimate of drug-likeness (QED) is 0.868. The Morgan fingerprint density at radius 1 is 1.43 bits per heavy atom. The normalized spacial score (nSPS) is 17.8. The molecule has 1 aromatic carbocycles. The van der Waals surface area contributed by atoms with Crippen LogP contribution in [0.1, 0.15) is 36.5 Å². The number of thioether (sulfide) groups is 1. The van der Waals surface area contributed by atoms with E-state index in [1.165, 1.54) is 17.8 Å². The summed E-state index contributed by atoms with van der Waals surface area (Å²) in [6.07, 6.45) is 4.37. The zero-order valence-electron chi connectivity index (χ0n) is 12.6. The molecule has 3 nitrogen and oxygen atoms in total. The number of hydrogen-bond acceptors (Lipinski definition) is 3. The van der Waals surface area contributed by atoms with Crippen LogP contribution in [0.4, 0.5) is 4.39 Å². The Hall–Kier alpha value is -1.07. The fourth-order valence-corrected chi connectivity index (χ4v) is 3.29. The topological polar surface area (TPSA) is 40.5 Å². The number of hydrogen-bond donors (Lipinski definition) is 1. The Morgan fingerprint density at radius 2 is 2.10 bits per heavy atom. The number of halogens is 1. The van der Waals surface area contributed by atoms with Crippen LogP contribution in [0.25, 0.3) is 0 Å². The fraction of sp³-hybridized carbons (Fsp3) is 0.562. The SMILES string of the molecule is CCC1(CO)CCN(C(=O)c2ccc(F)c(SC)c2)CC1. The van der Waals surface area contributed by atoms with Crippen LogP contribution < -0.4 is 0 Å². The van der Waals surface area contributed by atoms with Crippen molar-refractivity contribution in [2.75, 3.05) is 26.0 Å². The van der Waals surface area contributed by atoms with Gasteiger partial charge < -0.3 is 10.0 Å². The summed E-state index contributed by atoms with van der Waals surface area (Å²) in [4.78, 5) is 14.8. The zero-order valence-corrected chi connectivity index (χ0v) is 13.4. The van der Waals surface area contributed by atoms with E-state index in [2.05, 4.69) is 6.92 Å². The molecular formula is C16H22FNO2S. The highest BCUT2D eigenvalue weighted by atomic mass is 32.2. The van der Waals surface area contributed by atoms with E-state index >= 15 is 0 Å². The lowest BCUT2D eigenvalue weighted by molar-refractivity contribution is 0.0338. The lowest BCUT2D eigenvalue weighted by Crippen LogP contribution is -2.44. The number of amides is 1. The van der Waals surface area contributed by atoms with Gasteiger partial charge in [0.15, 0.2) is 0 Å². The Bertz CT molecular complexity index is 507. The van der Waals surface area contributed by atoms with Gasteiger partial charge in [-0.1, -0.05) is 6.92 Å². The van der Waals surface area contributed by atoms with E-state index in [9.17, 15) is 14.3 Å². The standard InChI is InChI=1S/C16H22FNO2S/c1-3-16(11-19)6-8-18(9-7-16)15(20)12-4-5-13(17)14(10-12)21-2/h4-5,10,19H,3,6-9,11H2,1-2H3. The maximum Gasteiger partial charge on any atom is 0.253 e. The number of carbonyl (C=O) groups is 1. The first-order valence-corrected chi connectivity index (χ1v) is 8.51. The molecule has 0 aliphatic carbocycles. The van der Waals surface area contributed by atoms with Crippen LogP contribution in [0.3, 0.4) is 0 Å². The van der Waals surface area contributed by atoms with Gasteiger partial charge in [0.1, 0.15) is 5.82 Å². The van der Waals surface area contributed by atoms with Crippen LogP contribution in [-0.2, 0) is 0 Å². The van der Waals surface area contributed by atoms with E-state index in [4.69, 9.17) is 0 Å². The molecule has 2 rings (SSSR count). The van der Waals surface area contributed by atoms with Gasteiger partial charge in [-0.25, -0.2) is 4.39 Å². The monoisotopic (exact) mass is 311 g/mol. The Labute approximate surface area is 129 Å². The molecule has 0 atom stereocenters. The molecule has 0 aromatic heterocycles. The zero-order chi connectivity index (χ0) is 15.5. The van der Waals surface area contributed by atoms with Crippen molar-refractivity contribution < 1.29 is 14.3 Å². The molecule has 0 spiro atoms. The van der Waals surface area contributed by atoms with Crippen LogP contribution in [-0.4, -0.2) is 41.9 Å². The first-order valence-electron chi connectivity index (χ1n) is 7.29. The summed E-state index contributed by atoms with van der Waals surface area (Å²) < 4.78 is 13.5. The second kappa shape index (κ2) is 6.79. The molecule has 1 fully saturated rings. The predicted molar refractivity (Wildman–Crippen MR) is 83.1 cm³/mol. The lowest BCUT2D eigenvalue weighted by Gasteiger charge is -2.40. The highest BCUT2D eigenvalue weighted by Gasteiger charge is 2.34. The van der Waals surface area contributed by atoms with Gasteiger partial charge in [0.2, 0.25) is 0 Å². The third kappa shape index (κ3) is 3.40. The van der Waals surface area contributed by atoms with E-state index < -0.39 is 0 Å². The average molecular weight is 311 g/mol. The molecule has 1 amide bonds. The second-order valence-corrected chi connectivity index (χ2v) is 6.50. The number of carbonyl (C=O) groups excluding carboxylic acids is 1. The Kier molecular flexibility index (Phi) is 5.27. The van der Waals surface area contributed by atoms with E-state index in [0.717, 1.165) is 19.3 Å². The molecule has 1 N–H and O–H groups in total. The number of rotatable bonds is 4. The smallest absolute Gasteiger partial charge is 0.253 e. The first-order chi connectivity index (χ1) is 10.0. The Morgan fingerprint density at radius 3 is 2.62 bits per heavy atom. The summed E-state index contributed by atoms with van der Waals surface area (Å²) in [6, 6.07) is 4.52. The first kappa shape index (κ1) is 16.3. The number of piperidine rings is 1. The highest BCUT2D eigenvalue weighted by molar-refractivity contribution is 7.98. The van der Waals surface area contributed by atoms with Gasteiger partial charge in [-0.05, 0) is 49.1 Å². The minimum Gasteiger partial charge on any atom is -0.396 e. The minimum absolute atomic E-state index is 0.0377. The van der Waals surface area contributed by atoms with Gasteiger partial charge in [0.25, 0.3) is 5.91 Å². The van der Waals surface area contributed by atoms with Crippen molar-refractivity contribution in [3.05, 3.63) is 29.6 Å². The molecule has 1 saturated heterocycles. The third-order valence-electron chi connectivity index (χ3n) is 4.59. The summed E-state index contributed by atoms with van der Waals surface area (Å²) in [7, 11) is 0. The van der Waals surface area contributed by atoms with E-state index in [1.54, 1.807) is 23.3 Å². The van der Waals surface area contributed by atoms with Crippen molar-refractivity contribution in [3.8, 4) is 0 Å². The third-order valence-corrected chi connectivity index (χ3v) is 5.35. The van der Waals surface area contributed by atoms with Crippen LogP contribution in [0.15, 0.2) is 23.1 Å². The molecule has 0 unspecified atom stereocenters. The molecule has 0 radical (unpaired) electrons. The largest absolute Gasteiger partial charge is 0.396 e. The van der Waals surface area contributed by atoms with Gasteiger partial charge in [-0.2, -0.15) is 0 Å². The number of aliphatic hydroxyl groups excluding tert-OH is 1. The average Bonchev–Trinajstić information content (AvgIpc) is 2.54. The van der Waals surface area contributed by atoms with Gasteiger partial charge in [0, 0.05) is 30.2 Å². The predicted octanol–water partition coefficient (Wildman–Crippen LogP) is 3.17. The number of likely N-dealkylation sites (tertiary alicyclic amines) is 1. The van der Waals surface area contributed by atoms with Gasteiger partial charge in [0.05, 0.1) is 0 Å². The van der Waals surface area contributed by atoms with Crippen molar-refractivity contribution in [3.63, 3.8) is 0 Å². The molecule has 0 bridgehead atoms. The lowest BCUT2D eigenvalue weighted by atomic mass is 9.77. The summed E-state index contributed by atoms with van der Waals surface area (Å²) in [5, 5.41) is 9.53. The van der Waals surface area contributed by atoms with E-state index in [1.807, 2.05) is 0 Å². The van der Waals surface area contributed by atoms with Gasteiger partial charge >= 0.3 is 0 Å². The summed E-state index contributed by atoms with van der Waals surface area (Å²) in [5.74, 6) is -0.337. The van der Waals surface area contributed by atoms with Crippen molar-refractivity contribution in [2.45, 2.75) is 31.1 Å². The van der Waals surface area contributed by atoms with Crippen molar-refractivity contribution >= 4 is 17.7 Å². The van der Waals surface area contributed by atoms with Crippen LogP contribution in [0, 0.1) is 11.2 Å². The van der Waals surface area contributed by atoms with Crippen molar-refractivity contribution in [1.82, 2.24) is 4.90 Å². The summed E-state index contributed by atoms with van der Waals surface area (Å²) >= 11 is 1.30. The van der Waals surface area contributed by atoms with Crippen LogP contribution in [0.5, 0.6) is 0 Å². The maximum atomic E-state index is 13.5. The highest BCUT2D eigenvalue weighted by Crippen LogP contribution is 2.34. The Balaban J connectivity index is 2.08. The number of aliphatic hydroxyl groups is 1. The van der Waals surface area contributed by atoms with Gasteiger partial charge in [-0.3, -0.25) is 4.79 Å². The molecule has 116 valence electrons. The molecule has 5 heteroatoms. The molecule has 21 heavy (non-hydrogen) atoms. The number of nitrogens with zero attached hydrogens (tertiary/aromatic N) is 1. The molecule has 1 aromatic rings. The van der Waals surface area contributed by atoms with Crippen LogP contribution >= 0.6 is 11.8 Å². The number of benzene rings is 1. The molecular weight excluding hydrogens is 289 g/mol. The summed E-state index contributed by atoms with van der Waals surface area (Å²) in [5.41, 5.74) is 0.498.